The fraction of sp³-hybridized carbons (Fsp3) is 0.0370. The van der Waals surface area contributed by atoms with Gasteiger partial charge in [0.15, 0.2) is 0 Å². The minimum atomic E-state index is -0.615. The zero-order valence-electron chi connectivity index (χ0n) is 18.3. The number of anilines is 1. The van der Waals surface area contributed by atoms with E-state index in [1.54, 1.807) is 18.2 Å². The molecule has 8 nitrogen and oxygen atoms in total. The van der Waals surface area contributed by atoms with Crippen molar-refractivity contribution >= 4 is 34.1 Å². The number of nitro groups is 1. The van der Waals surface area contributed by atoms with Crippen molar-refractivity contribution in [3.05, 3.63) is 112 Å². The number of phenols is 1. The zero-order valence-corrected chi connectivity index (χ0v) is 18.3. The smallest absolute Gasteiger partial charge is 0.269 e. The first-order valence-electron chi connectivity index (χ1n) is 10.5. The largest absolute Gasteiger partial charge is 0.508 e. The van der Waals surface area contributed by atoms with Gasteiger partial charge < -0.3 is 15.2 Å². The number of phenolic OH excluding ortho intramolecular Hbond substituents is 1. The predicted molar refractivity (Wildman–Crippen MR) is 132 cm³/mol. The van der Waals surface area contributed by atoms with Gasteiger partial charge in [-0.05, 0) is 52.7 Å². The highest BCUT2D eigenvalue weighted by Crippen LogP contribution is 2.31. The van der Waals surface area contributed by atoms with Crippen LogP contribution in [0.2, 0.25) is 0 Å². The van der Waals surface area contributed by atoms with Crippen LogP contribution in [0.5, 0.6) is 11.5 Å². The van der Waals surface area contributed by atoms with Gasteiger partial charge in [-0.25, -0.2) is 0 Å². The van der Waals surface area contributed by atoms with Crippen LogP contribution in [-0.2, 0) is 11.4 Å². The minimum absolute atomic E-state index is 0.0394. The van der Waals surface area contributed by atoms with E-state index in [4.69, 9.17) is 4.74 Å². The summed E-state index contributed by atoms with van der Waals surface area (Å²) in [5, 5.41) is 34.5. The maximum Gasteiger partial charge on any atom is 0.269 e. The van der Waals surface area contributed by atoms with Crippen molar-refractivity contribution in [1.29, 1.82) is 5.26 Å². The van der Waals surface area contributed by atoms with E-state index in [0.717, 1.165) is 10.8 Å². The van der Waals surface area contributed by atoms with Crippen LogP contribution in [0.3, 0.4) is 0 Å². The van der Waals surface area contributed by atoms with Crippen LogP contribution in [0.1, 0.15) is 11.1 Å². The molecule has 0 saturated carbocycles. The van der Waals surface area contributed by atoms with Crippen molar-refractivity contribution in [3.63, 3.8) is 0 Å². The highest BCUT2D eigenvalue weighted by molar-refractivity contribution is 6.11. The molecule has 0 atom stereocenters. The lowest BCUT2D eigenvalue weighted by atomic mass is 10.0. The van der Waals surface area contributed by atoms with E-state index >= 15 is 0 Å². The Morgan fingerprint density at radius 1 is 1.06 bits per heavy atom. The highest BCUT2D eigenvalue weighted by atomic mass is 16.6. The third-order valence-corrected chi connectivity index (χ3v) is 5.23. The first-order valence-corrected chi connectivity index (χ1v) is 10.5. The van der Waals surface area contributed by atoms with Crippen molar-refractivity contribution in [2.24, 2.45) is 0 Å². The van der Waals surface area contributed by atoms with E-state index in [2.05, 4.69) is 5.32 Å². The number of non-ortho nitro benzene ring substituents is 1. The summed E-state index contributed by atoms with van der Waals surface area (Å²) in [6.07, 6.45) is 1.46. The van der Waals surface area contributed by atoms with Crippen LogP contribution in [0, 0.1) is 21.4 Å². The number of ether oxygens (including phenoxy) is 1. The van der Waals surface area contributed by atoms with Gasteiger partial charge in [-0.3, -0.25) is 14.9 Å². The normalized spacial score (nSPS) is 11.0. The van der Waals surface area contributed by atoms with Gasteiger partial charge in [0.05, 0.1) is 4.92 Å². The summed E-state index contributed by atoms with van der Waals surface area (Å²) >= 11 is 0. The molecule has 0 unspecified atom stereocenters. The maximum atomic E-state index is 12.8. The predicted octanol–water partition coefficient (Wildman–Crippen LogP) is 5.58. The number of fused-ring (bicyclic) bond motifs is 1. The van der Waals surface area contributed by atoms with Crippen molar-refractivity contribution < 1.29 is 19.6 Å². The van der Waals surface area contributed by atoms with E-state index in [-0.39, 0.29) is 23.6 Å². The van der Waals surface area contributed by atoms with E-state index in [1.807, 2.05) is 36.4 Å². The van der Waals surface area contributed by atoms with Gasteiger partial charge in [-0.1, -0.05) is 42.5 Å². The lowest BCUT2D eigenvalue weighted by Gasteiger charge is -2.13. The number of nitrogens with zero attached hydrogens (tertiary/aromatic N) is 2. The Labute approximate surface area is 200 Å². The molecule has 1 amide bonds. The number of nitro benzene ring substituents is 1. The second-order valence-electron chi connectivity index (χ2n) is 7.59. The molecular weight excluding hydrogens is 446 g/mol. The number of rotatable bonds is 7. The fourth-order valence-corrected chi connectivity index (χ4v) is 3.51. The van der Waals surface area contributed by atoms with Crippen LogP contribution >= 0.6 is 0 Å². The number of amides is 1. The molecule has 0 radical (unpaired) electrons. The maximum absolute atomic E-state index is 12.8. The first kappa shape index (κ1) is 23.0. The number of nitrogens with one attached hydrogen (secondary N) is 1. The van der Waals surface area contributed by atoms with Gasteiger partial charge in [0, 0.05) is 23.4 Å². The van der Waals surface area contributed by atoms with Crippen LogP contribution in [0.4, 0.5) is 11.4 Å². The topological polar surface area (TPSA) is 125 Å². The number of carbonyl (C=O) groups excluding carboxylic acids is 1. The summed E-state index contributed by atoms with van der Waals surface area (Å²) in [5.74, 6) is -0.142. The summed E-state index contributed by atoms with van der Waals surface area (Å²) in [5.41, 5.74) is 1.38. The number of carbonyl (C=O) groups is 1. The summed E-state index contributed by atoms with van der Waals surface area (Å²) < 4.78 is 5.99. The summed E-state index contributed by atoms with van der Waals surface area (Å²) in [6, 6.07) is 25.0. The molecule has 0 fully saturated rings. The third-order valence-electron chi connectivity index (χ3n) is 5.23. The number of hydrogen-bond acceptors (Lipinski definition) is 6. The number of benzene rings is 4. The van der Waals surface area contributed by atoms with Crippen LogP contribution in [-0.4, -0.2) is 15.9 Å². The summed E-state index contributed by atoms with van der Waals surface area (Å²) in [6.45, 7) is 0.0580. The van der Waals surface area contributed by atoms with Crippen molar-refractivity contribution in [2.45, 2.75) is 6.61 Å². The fourth-order valence-electron chi connectivity index (χ4n) is 3.51. The van der Waals surface area contributed by atoms with Gasteiger partial charge in [-0.15, -0.1) is 0 Å². The molecule has 0 aliphatic carbocycles. The molecule has 0 aromatic heterocycles. The van der Waals surface area contributed by atoms with E-state index in [0.29, 0.717) is 22.6 Å². The summed E-state index contributed by atoms with van der Waals surface area (Å²) in [7, 11) is 0. The van der Waals surface area contributed by atoms with E-state index in [9.17, 15) is 25.3 Å². The Morgan fingerprint density at radius 2 is 1.83 bits per heavy atom. The average Bonchev–Trinajstić information content (AvgIpc) is 2.87. The molecule has 0 saturated heterocycles. The minimum Gasteiger partial charge on any atom is -0.508 e. The van der Waals surface area contributed by atoms with Crippen LogP contribution in [0.15, 0.2) is 90.5 Å². The molecule has 35 heavy (non-hydrogen) atoms. The van der Waals surface area contributed by atoms with Crippen molar-refractivity contribution in [1.82, 2.24) is 0 Å². The van der Waals surface area contributed by atoms with Crippen LogP contribution in [0.25, 0.3) is 16.8 Å². The standard InChI is InChI=1S/C27H19N3O5/c28-16-20(27(32)29-21-9-11-23(31)12-10-21)15-25-24-7-2-1-5-19(24)8-13-26(25)35-17-18-4-3-6-22(14-18)30(33)34/h1-15,31H,17H2,(H,29,32)/b20-15+. The van der Waals surface area contributed by atoms with Gasteiger partial charge in [0.25, 0.3) is 11.6 Å². The van der Waals surface area contributed by atoms with Crippen molar-refractivity contribution in [2.75, 3.05) is 5.32 Å². The van der Waals surface area contributed by atoms with E-state index in [1.165, 1.54) is 42.5 Å². The average molecular weight is 465 g/mol. The molecule has 172 valence electrons. The van der Waals surface area contributed by atoms with Crippen LogP contribution < -0.4 is 10.1 Å². The number of nitriles is 1. The molecule has 2 N–H and O–H groups in total. The van der Waals surface area contributed by atoms with E-state index < -0.39 is 10.8 Å². The second-order valence-corrected chi connectivity index (χ2v) is 7.59. The molecule has 0 spiro atoms. The lowest BCUT2D eigenvalue weighted by Crippen LogP contribution is -2.13. The van der Waals surface area contributed by atoms with Gasteiger partial charge in [0.1, 0.15) is 29.7 Å². The molecular formula is C27H19N3O5. The highest BCUT2D eigenvalue weighted by Gasteiger charge is 2.14. The monoisotopic (exact) mass is 465 g/mol. The van der Waals surface area contributed by atoms with Gasteiger partial charge >= 0.3 is 0 Å². The quantitative estimate of drug-likeness (QED) is 0.121. The first-order chi connectivity index (χ1) is 16.9. The van der Waals surface area contributed by atoms with Gasteiger partial charge in [0.2, 0.25) is 0 Å². The Kier molecular flexibility index (Phi) is 6.70. The molecule has 8 heteroatoms. The molecule has 0 heterocycles. The van der Waals surface area contributed by atoms with Crippen molar-refractivity contribution in [3.8, 4) is 17.6 Å². The Balaban J connectivity index is 1.68. The summed E-state index contributed by atoms with van der Waals surface area (Å²) in [4.78, 5) is 23.4. The second kappa shape index (κ2) is 10.2. The Bertz CT molecular complexity index is 1490. The number of hydrogen-bond donors (Lipinski definition) is 2. The molecule has 0 aliphatic heterocycles. The number of aromatic hydroxyl groups is 1. The zero-order chi connectivity index (χ0) is 24.8. The van der Waals surface area contributed by atoms with Gasteiger partial charge in [-0.2, -0.15) is 5.26 Å². The molecule has 4 rings (SSSR count). The molecule has 4 aromatic rings. The Hall–Kier alpha value is -5.16. The molecule has 4 aromatic carbocycles. The molecule has 0 aliphatic rings. The SMILES string of the molecule is N#C/C(=C\c1c(OCc2cccc([N+](=O)[O-])c2)ccc2ccccc12)C(=O)Nc1ccc(O)cc1. The Morgan fingerprint density at radius 3 is 2.57 bits per heavy atom. The lowest BCUT2D eigenvalue weighted by molar-refractivity contribution is -0.384. The molecule has 0 bridgehead atoms. The third kappa shape index (κ3) is 5.43.